The first kappa shape index (κ1) is 7.43. The average molecular weight is 164 g/mol. The highest BCUT2D eigenvalue weighted by Crippen LogP contribution is 2.09. The molecule has 0 spiro atoms. The Morgan fingerprint density at radius 2 is 2.17 bits per heavy atom. The molecule has 3 heteroatoms. The number of nitrogens with zero attached hydrogens (tertiary/aromatic N) is 1. The molecule has 0 aromatic heterocycles. The van der Waals surface area contributed by atoms with Crippen LogP contribution in [-0.2, 0) is 0 Å². The fraction of sp³-hybridized carbons (Fsp3) is 0.222. The number of aliphatic imine (C=N–C) groups is 1. The Kier molecular flexibility index (Phi) is 1.87. The molecule has 1 aliphatic heterocycles. The first-order valence-electron chi connectivity index (χ1n) is 3.87. The van der Waals surface area contributed by atoms with Crippen molar-refractivity contribution in [3.05, 3.63) is 35.6 Å². The van der Waals surface area contributed by atoms with Crippen molar-refractivity contribution < 1.29 is 4.39 Å². The molecule has 0 atom stereocenters. The zero-order chi connectivity index (χ0) is 8.39. The van der Waals surface area contributed by atoms with Crippen molar-refractivity contribution in [3.8, 4) is 0 Å². The average Bonchev–Trinajstić information content (AvgIpc) is 2.57. The Bertz CT molecular complexity index is 320. The number of halogens is 1. The van der Waals surface area contributed by atoms with E-state index in [1.54, 1.807) is 12.1 Å². The number of nitrogens with one attached hydrogen (secondary N) is 1. The molecule has 2 rings (SSSR count). The van der Waals surface area contributed by atoms with E-state index in [1.165, 1.54) is 6.07 Å². The summed E-state index contributed by atoms with van der Waals surface area (Å²) < 4.78 is 13.1. The lowest BCUT2D eigenvalue weighted by Gasteiger charge is -2.00. The molecule has 62 valence electrons. The highest BCUT2D eigenvalue weighted by atomic mass is 19.1. The van der Waals surface area contributed by atoms with Gasteiger partial charge in [0.2, 0.25) is 0 Å². The highest BCUT2D eigenvalue weighted by molar-refractivity contribution is 6.03. The van der Waals surface area contributed by atoms with Crippen LogP contribution in [0.5, 0.6) is 0 Å². The Morgan fingerprint density at radius 3 is 2.83 bits per heavy atom. The number of hydrogen-bond donors (Lipinski definition) is 1. The van der Waals surface area contributed by atoms with Crippen LogP contribution in [0.3, 0.4) is 0 Å². The van der Waals surface area contributed by atoms with Gasteiger partial charge in [-0.25, -0.2) is 4.39 Å². The molecule has 1 aromatic rings. The summed E-state index contributed by atoms with van der Waals surface area (Å²) in [7, 11) is 0. The van der Waals surface area contributed by atoms with E-state index in [9.17, 15) is 4.39 Å². The van der Waals surface area contributed by atoms with Gasteiger partial charge in [0.15, 0.2) is 0 Å². The minimum absolute atomic E-state index is 0.194. The molecule has 12 heavy (non-hydrogen) atoms. The van der Waals surface area contributed by atoms with Crippen LogP contribution in [0.4, 0.5) is 4.39 Å². The maximum Gasteiger partial charge on any atom is 0.132 e. The number of benzene rings is 1. The maximum atomic E-state index is 13.1. The summed E-state index contributed by atoms with van der Waals surface area (Å²) in [6, 6.07) is 6.71. The maximum absolute atomic E-state index is 13.1. The Hall–Kier alpha value is -1.22. The molecular weight excluding hydrogens is 155 g/mol. The molecule has 0 amide bonds. The normalized spacial score (nSPS) is 16.2. The van der Waals surface area contributed by atoms with Crippen LogP contribution >= 0.6 is 0 Å². The summed E-state index contributed by atoms with van der Waals surface area (Å²) in [6.07, 6.45) is 0. The van der Waals surface area contributed by atoms with Crippen molar-refractivity contribution in [3.63, 3.8) is 0 Å². The van der Waals surface area contributed by atoms with Crippen LogP contribution in [0.25, 0.3) is 0 Å². The summed E-state index contributed by atoms with van der Waals surface area (Å²) in [5, 5.41) is 3.03. The van der Waals surface area contributed by atoms with E-state index in [0.29, 0.717) is 18.8 Å². The molecule has 1 aliphatic rings. The highest BCUT2D eigenvalue weighted by Gasteiger charge is 2.11. The monoisotopic (exact) mass is 164 g/mol. The zero-order valence-corrected chi connectivity index (χ0v) is 6.55. The van der Waals surface area contributed by atoms with Gasteiger partial charge in [-0.1, -0.05) is 18.2 Å². The minimum atomic E-state index is -0.194. The quantitative estimate of drug-likeness (QED) is 0.662. The predicted octanol–water partition coefficient (Wildman–Crippen LogP) is 1.18. The van der Waals surface area contributed by atoms with Crippen LogP contribution in [0.1, 0.15) is 5.56 Å². The molecule has 0 fully saturated rings. The molecular formula is C9H9FN2. The third kappa shape index (κ3) is 1.23. The Morgan fingerprint density at radius 1 is 1.33 bits per heavy atom. The second-order valence-electron chi connectivity index (χ2n) is 2.67. The number of hydrogen-bond acceptors (Lipinski definition) is 2. The second-order valence-corrected chi connectivity index (χ2v) is 2.67. The van der Waals surface area contributed by atoms with Gasteiger partial charge in [-0.05, 0) is 6.07 Å². The minimum Gasteiger partial charge on any atom is -0.293 e. The van der Waals surface area contributed by atoms with Crippen LogP contribution in [0.15, 0.2) is 29.3 Å². The molecule has 2 nitrogen and oxygen atoms in total. The lowest BCUT2D eigenvalue weighted by Crippen LogP contribution is -2.14. The lowest BCUT2D eigenvalue weighted by atomic mass is 10.1. The molecule has 0 saturated heterocycles. The van der Waals surface area contributed by atoms with Gasteiger partial charge in [0.05, 0.1) is 12.4 Å². The van der Waals surface area contributed by atoms with E-state index in [1.807, 2.05) is 6.07 Å². The van der Waals surface area contributed by atoms with E-state index in [0.717, 1.165) is 5.71 Å². The third-order valence-electron chi connectivity index (χ3n) is 1.86. The third-order valence-corrected chi connectivity index (χ3v) is 1.86. The van der Waals surface area contributed by atoms with E-state index in [-0.39, 0.29) is 5.82 Å². The van der Waals surface area contributed by atoms with Gasteiger partial charge in [0, 0.05) is 12.1 Å². The van der Waals surface area contributed by atoms with Crippen LogP contribution in [0, 0.1) is 5.82 Å². The fourth-order valence-corrected chi connectivity index (χ4v) is 1.26. The van der Waals surface area contributed by atoms with Gasteiger partial charge < -0.3 is 0 Å². The first-order valence-corrected chi connectivity index (χ1v) is 3.87. The number of rotatable bonds is 1. The summed E-state index contributed by atoms with van der Waals surface area (Å²) in [4.78, 5) is 4.13. The lowest BCUT2D eigenvalue weighted by molar-refractivity contribution is 0.625. The van der Waals surface area contributed by atoms with Crippen molar-refractivity contribution in [1.82, 2.24) is 5.32 Å². The predicted molar refractivity (Wildman–Crippen MR) is 45.8 cm³/mol. The molecule has 0 saturated carbocycles. The second kappa shape index (κ2) is 3.03. The first-order chi connectivity index (χ1) is 5.88. The van der Waals surface area contributed by atoms with Crippen LogP contribution in [-0.4, -0.2) is 18.9 Å². The summed E-state index contributed by atoms with van der Waals surface area (Å²) in [6.45, 7) is 1.27. The van der Waals surface area contributed by atoms with Crippen molar-refractivity contribution in [1.29, 1.82) is 0 Å². The van der Waals surface area contributed by atoms with Crippen molar-refractivity contribution >= 4 is 5.71 Å². The standard InChI is InChI=1S/C9H9FN2/c10-8-4-2-1-3-7(8)9-5-11-6-12-9/h1-4,11H,5-6H2. The SMILES string of the molecule is Fc1ccccc1C1=NCNC1. The van der Waals surface area contributed by atoms with Crippen LogP contribution < -0.4 is 5.32 Å². The van der Waals surface area contributed by atoms with E-state index in [4.69, 9.17) is 0 Å². The van der Waals surface area contributed by atoms with E-state index in [2.05, 4.69) is 10.3 Å². The topological polar surface area (TPSA) is 24.4 Å². The smallest absolute Gasteiger partial charge is 0.132 e. The van der Waals surface area contributed by atoms with Gasteiger partial charge in [-0.2, -0.15) is 0 Å². The Labute approximate surface area is 70.1 Å². The van der Waals surface area contributed by atoms with Gasteiger partial charge in [0.1, 0.15) is 5.82 Å². The molecule has 0 radical (unpaired) electrons. The van der Waals surface area contributed by atoms with Gasteiger partial charge in [0.25, 0.3) is 0 Å². The largest absolute Gasteiger partial charge is 0.293 e. The molecule has 0 bridgehead atoms. The van der Waals surface area contributed by atoms with Crippen molar-refractivity contribution in [2.24, 2.45) is 4.99 Å². The fourth-order valence-electron chi connectivity index (χ4n) is 1.26. The van der Waals surface area contributed by atoms with Crippen molar-refractivity contribution in [2.45, 2.75) is 0 Å². The van der Waals surface area contributed by atoms with Gasteiger partial charge >= 0.3 is 0 Å². The molecule has 0 unspecified atom stereocenters. The summed E-state index contributed by atoms with van der Waals surface area (Å²) >= 11 is 0. The van der Waals surface area contributed by atoms with E-state index >= 15 is 0 Å². The zero-order valence-electron chi connectivity index (χ0n) is 6.55. The molecule has 1 N–H and O–H groups in total. The van der Waals surface area contributed by atoms with Crippen molar-refractivity contribution in [2.75, 3.05) is 13.2 Å². The van der Waals surface area contributed by atoms with Gasteiger partial charge in [-0.15, -0.1) is 0 Å². The summed E-state index contributed by atoms with van der Waals surface area (Å²) in [5.41, 5.74) is 1.43. The Balaban J connectivity index is 2.39. The molecule has 1 heterocycles. The molecule has 0 aliphatic carbocycles. The molecule has 1 aromatic carbocycles. The van der Waals surface area contributed by atoms with Gasteiger partial charge in [-0.3, -0.25) is 10.3 Å². The van der Waals surface area contributed by atoms with E-state index < -0.39 is 0 Å². The van der Waals surface area contributed by atoms with Crippen LogP contribution in [0.2, 0.25) is 0 Å². The summed E-state index contributed by atoms with van der Waals surface area (Å²) in [5.74, 6) is -0.194.